The molecule has 38 heavy (non-hydrogen) atoms. The molecule has 0 radical (unpaired) electrons. The van der Waals surface area contributed by atoms with Crippen molar-refractivity contribution >= 4 is 39.1 Å². The fourth-order valence-corrected chi connectivity index (χ4v) is 5.16. The molecule has 3 heterocycles. The number of hydrogen-bond acceptors (Lipinski definition) is 3. The van der Waals surface area contributed by atoms with Crippen LogP contribution in [0.2, 0.25) is 0 Å². The van der Waals surface area contributed by atoms with Crippen LogP contribution in [-0.4, -0.2) is 14.5 Å². The van der Waals surface area contributed by atoms with Crippen LogP contribution < -0.4 is 4.90 Å². The van der Waals surface area contributed by atoms with Crippen LogP contribution in [-0.2, 0) is 0 Å². The molecule has 0 saturated carbocycles. The Balaban J connectivity index is 1.24. The summed E-state index contributed by atoms with van der Waals surface area (Å²) in [5.41, 5.74) is 6.92. The summed E-state index contributed by atoms with van der Waals surface area (Å²) >= 11 is 0. The maximum Gasteiger partial charge on any atom is 0.138 e. The van der Waals surface area contributed by atoms with Gasteiger partial charge in [0.2, 0.25) is 0 Å². The summed E-state index contributed by atoms with van der Waals surface area (Å²) in [6.45, 7) is 0. The third kappa shape index (κ3) is 3.80. The summed E-state index contributed by atoms with van der Waals surface area (Å²) in [5.74, 6) is 1.66. The molecule has 0 aliphatic heterocycles. The first-order chi connectivity index (χ1) is 18.9. The summed E-state index contributed by atoms with van der Waals surface area (Å²) in [4.78, 5) is 11.2. The van der Waals surface area contributed by atoms with Gasteiger partial charge in [-0.15, -0.1) is 0 Å². The van der Waals surface area contributed by atoms with E-state index in [0.29, 0.717) is 0 Å². The average Bonchev–Trinajstić information content (AvgIpc) is 3.33. The van der Waals surface area contributed by atoms with Gasteiger partial charge in [0.05, 0.1) is 11.0 Å². The van der Waals surface area contributed by atoms with E-state index in [1.807, 2.05) is 36.4 Å². The monoisotopic (exact) mass is 488 g/mol. The minimum absolute atomic E-state index is 0.828. The Morgan fingerprint density at radius 1 is 0.447 bits per heavy atom. The molecule has 0 fully saturated rings. The van der Waals surface area contributed by atoms with Gasteiger partial charge in [-0.3, -0.25) is 4.90 Å². The molecule has 0 aliphatic rings. The van der Waals surface area contributed by atoms with Crippen LogP contribution in [0.5, 0.6) is 0 Å². The summed E-state index contributed by atoms with van der Waals surface area (Å²) in [5, 5.41) is 2.54. The molecule has 7 rings (SSSR count). The number of para-hydroxylation sites is 2. The van der Waals surface area contributed by atoms with Crippen molar-refractivity contribution in [3.05, 3.63) is 146 Å². The lowest BCUT2D eigenvalue weighted by atomic mass is 10.0. The van der Waals surface area contributed by atoms with Crippen LogP contribution in [0.15, 0.2) is 146 Å². The van der Waals surface area contributed by atoms with Gasteiger partial charge in [-0.2, -0.15) is 0 Å². The van der Waals surface area contributed by atoms with E-state index in [1.165, 1.54) is 27.4 Å². The van der Waals surface area contributed by atoms with Crippen molar-refractivity contribution in [2.75, 3.05) is 4.90 Å². The second-order valence-electron chi connectivity index (χ2n) is 9.17. The van der Waals surface area contributed by atoms with E-state index >= 15 is 0 Å². The van der Waals surface area contributed by atoms with Gasteiger partial charge >= 0.3 is 0 Å². The third-order valence-electron chi connectivity index (χ3n) is 6.92. The van der Waals surface area contributed by atoms with E-state index < -0.39 is 0 Å². The zero-order valence-electron chi connectivity index (χ0n) is 20.6. The highest BCUT2D eigenvalue weighted by Gasteiger charge is 2.15. The lowest BCUT2D eigenvalue weighted by Crippen LogP contribution is -2.12. The van der Waals surface area contributed by atoms with Crippen LogP contribution in [0, 0.1) is 0 Å². The first-order valence-corrected chi connectivity index (χ1v) is 12.7. The number of pyridine rings is 2. The molecule has 0 atom stereocenters. The summed E-state index contributed by atoms with van der Waals surface area (Å²) < 4.78 is 2.34. The van der Waals surface area contributed by atoms with Gasteiger partial charge in [-0.1, -0.05) is 72.8 Å². The van der Waals surface area contributed by atoms with E-state index in [-0.39, 0.29) is 0 Å². The first-order valence-electron chi connectivity index (χ1n) is 12.7. The summed E-state index contributed by atoms with van der Waals surface area (Å²) in [6.07, 6.45) is 3.61. The fraction of sp³-hybridized carbons (Fsp3) is 0. The van der Waals surface area contributed by atoms with E-state index in [1.54, 1.807) is 12.4 Å². The Hall–Kier alpha value is -5.22. The smallest absolute Gasteiger partial charge is 0.138 e. The second kappa shape index (κ2) is 9.34. The molecule has 0 aliphatic carbocycles. The molecule has 0 saturated heterocycles. The van der Waals surface area contributed by atoms with E-state index in [9.17, 15) is 0 Å². The normalized spacial score (nSPS) is 11.2. The Labute approximate surface area is 221 Å². The van der Waals surface area contributed by atoms with E-state index in [2.05, 4.69) is 116 Å². The van der Waals surface area contributed by atoms with Crippen molar-refractivity contribution in [1.82, 2.24) is 14.5 Å². The molecular formula is C34H24N4. The number of benzene rings is 4. The van der Waals surface area contributed by atoms with Gasteiger partial charge in [0.1, 0.15) is 11.6 Å². The minimum atomic E-state index is 0.828. The van der Waals surface area contributed by atoms with Crippen LogP contribution in [0.25, 0.3) is 38.6 Å². The standard InChI is InChI=1S/C34H24N4/c1-3-11-31-29(9-1)30-10-2-4-12-32(30)37(31)27-19-15-25(16-20-27)26-17-21-28(22-18-26)38(33-13-5-7-23-35-33)34-14-6-8-24-36-34/h1-24H. The molecule has 4 nitrogen and oxygen atoms in total. The average molecular weight is 489 g/mol. The highest BCUT2D eigenvalue weighted by atomic mass is 15.2. The molecule has 3 aromatic heterocycles. The molecule has 0 unspecified atom stereocenters. The largest absolute Gasteiger partial charge is 0.309 e. The Bertz CT molecular complexity index is 1750. The molecule has 4 heteroatoms. The van der Waals surface area contributed by atoms with Gasteiger partial charge < -0.3 is 4.57 Å². The number of nitrogens with zero attached hydrogens (tertiary/aromatic N) is 4. The second-order valence-corrected chi connectivity index (χ2v) is 9.17. The van der Waals surface area contributed by atoms with Crippen molar-refractivity contribution in [2.45, 2.75) is 0 Å². The number of fused-ring (bicyclic) bond motifs is 3. The van der Waals surface area contributed by atoms with Crippen LogP contribution in [0.4, 0.5) is 17.3 Å². The minimum Gasteiger partial charge on any atom is -0.309 e. The highest BCUT2D eigenvalue weighted by Crippen LogP contribution is 2.35. The van der Waals surface area contributed by atoms with Crippen LogP contribution >= 0.6 is 0 Å². The summed E-state index contributed by atoms with van der Waals surface area (Å²) in [6, 6.07) is 46.4. The third-order valence-corrected chi connectivity index (χ3v) is 6.92. The zero-order chi connectivity index (χ0) is 25.3. The molecule has 0 spiro atoms. The fourth-order valence-electron chi connectivity index (χ4n) is 5.16. The molecule has 0 amide bonds. The van der Waals surface area contributed by atoms with Crippen molar-refractivity contribution in [3.8, 4) is 16.8 Å². The quantitative estimate of drug-likeness (QED) is 0.243. The number of rotatable bonds is 5. The van der Waals surface area contributed by atoms with Gasteiger partial charge in [0, 0.05) is 34.5 Å². The number of anilines is 3. The Morgan fingerprint density at radius 2 is 0.921 bits per heavy atom. The molecular weight excluding hydrogens is 464 g/mol. The molecule has 180 valence electrons. The van der Waals surface area contributed by atoms with Crippen LogP contribution in [0.3, 0.4) is 0 Å². The van der Waals surface area contributed by atoms with Crippen molar-refractivity contribution in [1.29, 1.82) is 0 Å². The van der Waals surface area contributed by atoms with Crippen molar-refractivity contribution < 1.29 is 0 Å². The maximum atomic E-state index is 4.57. The van der Waals surface area contributed by atoms with E-state index in [4.69, 9.17) is 0 Å². The van der Waals surface area contributed by atoms with Gasteiger partial charge in [0.15, 0.2) is 0 Å². The Morgan fingerprint density at radius 3 is 1.42 bits per heavy atom. The zero-order valence-corrected chi connectivity index (χ0v) is 20.6. The van der Waals surface area contributed by atoms with Gasteiger partial charge in [0.25, 0.3) is 0 Å². The number of hydrogen-bond donors (Lipinski definition) is 0. The molecule has 4 aromatic carbocycles. The van der Waals surface area contributed by atoms with Crippen molar-refractivity contribution in [3.63, 3.8) is 0 Å². The molecule has 0 bridgehead atoms. The predicted octanol–water partition coefficient (Wildman–Crippen LogP) is 8.71. The lowest BCUT2D eigenvalue weighted by Gasteiger charge is -2.23. The predicted molar refractivity (Wildman–Crippen MR) is 156 cm³/mol. The van der Waals surface area contributed by atoms with Crippen LogP contribution in [0.1, 0.15) is 0 Å². The highest BCUT2D eigenvalue weighted by molar-refractivity contribution is 6.09. The topological polar surface area (TPSA) is 34.0 Å². The SMILES string of the molecule is c1ccc(N(c2ccc(-c3ccc(-n4c5ccccc5c5ccccc54)cc3)cc2)c2ccccn2)nc1. The maximum absolute atomic E-state index is 4.57. The first kappa shape index (κ1) is 22.0. The summed E-state index contributed by atoms with van der Waals surface area (Å²) in [7, 11) is 0. The number of aromatic nitrogens is 3. The lowest BCUT2D eigenvalue weighted by molar-refractivity contribution is 1.13. The molecule has 0 N–H and O–H groups in total. The Kier molecular flexibility index (Phi) is 5.41. The van der Waals surface area contributed by atoms with Gasteiger partial charge in [-0.25, -0.2) is 9.97 Å². The van der Waals surface area contributed by atoms with Crippen molar-refractivity contribution in [2.24, 2.45) is 0 Å². The van der Waals surface area contributed by atoms with Gasteiger partial charge in [-0.05, 0) is 71.8 Å². The van der Waals surface area contributed by atoms with E-state index in [0.717, 1.165) is 28.6 Å². The molecule has 7 aromatic rings.